The van der Waals surface area contributed by atoms with Gasteiger partial charge in [-0.2, -0.15) is 0 Å². The number of aromatic hydroxyl groups is 1. The number of carbonyl (C=O) groups excluding carboxylic acids is 1. The maximum atomic E-state index is 13.0. The first kappa shape index (κ1) is 18.3. The van der Waals surface area contributed by atoms with Gasteiger partial charge in [0.05, 0.1) is 18.1 Å². The van der Waals surface area contributed by atoms with Crippen LogP contribution in [0.5, 0.6) is 5.75 Å². The first-order valence-electron chi connectivity index (χ1n) is 9.56. The second-order valence-corrected chi connectivity index (χ2v) is 7.16. The van der Waals surface area contributed by atoms with Crippen LogP contribution in [0.25, 0.3) is 0 Å². The number of phenolic OH excluding ortho intramolecular Hbond substituents is 1. The fourth-order valence-electron chi connectivity index (χ4n) is 3.98. The van der Waals surface area contributed by atoms with E-state index in [1.165, 1.54) is 0 Å². The van der Waals surface area contributed by atoms with Gasteiger partial charge in [-0.25, -0.2) is 0 Å². The molecule has 1 heterocycles. The number of carbonyl (C=O) groups is 1. The van der Waals surface area contributed by atoms with Crippen molar-refractivity contribution in [2.24, 2.45) is 5.92 Å². The van der Waals surface area contributed by atoms with E-state index in [1.807, 2.05) is 72.8 Å². The Hall–Kier alpha value is -3.11. The third kappa shape index (κ3) is 3.39. The van der Waals surface area contributed by atoms with Gasteiger partial charge in [0, 0.05) is 11.3 Å². The Morgan fingerprint density at radius 2 is 1.46 bits per heavy atom. The van der Waals surface area contributed by atoms with E-state index in [2.05, 4.69) is 0 Å². The molecule has 142 valence electrons. The number of phenols is 1. The van der Waals surface area contributed by atoms with Crippen LogP contribution in [0, 0.1) is 5.92 Å². The maximum absolute atomic E-state index is 13.0. The molecule has 4 rings (SSSR count). The lowest BCUT2D eigenvalue weighted by molar-refractivity contribution is -0.131. The quantitative estimate of drug-likeness (QED) is 0.620. The standard InChI is InChI=1S/C24H23NO3/c26-21(17-9-3-1-4-10-17)16-15-20-23(19-13-7-8-14-22(19)27)25(24(20)28)18-11-5-2-6-12-18/h1-14,20-21,23,26-27H,15-16H2/t20-,21+,23-/m1/s1. The van der Waals surface area contributed by atoms with Crippen LogP contribution in [0.15, 0.2) is 84.9 Å². The molecule has 0 aromatic heterocycles. The van der Waals surface area contributed by atoms with Crippen LogP contribution < -0.4 is 4.90 Å². The van der Waals surface area contributed by atoms with Gasteiger partial charge in [0.2, 0.25) is 5.91 Å². The molecule has 3 atom stereocenters. The van der Waals surface area contributed by atoms with E-state index in [-0.39, 0.29) is 23.6 Å². The third-order valence-corrected chi connectivity index (χ3v) is 5.44. The zero-order valence-electron chi connectivity index (χ0n) is 15.5. The molecule has 1 fully saturated rings. The van der Waals surface area contributed by atoms with Crippen LogP contribution in [-0.2, 0) is 4.79 Å². The second kappa shape index (κ2) is 7.87. The fraction of sp³-hybridized carbons (Fsp3) is 0.208. The Morgan fingerprint density at radius 3 is 2.14 bits per heavy atom. The normalized spacial score (nSPS) is 19.9. The molecule has 1 aliphatic rings. The first-order valence-corrected chi connectivity index (χ1v) is 9.56. The van der Waals surface area contributed by atoms with Crippen molar-refractivity contribution in [3.63, 3.8) is 0 Å². The van der Waals surface area contributed by atoms with E-state index in [0.29, 0.717) is 12.8 Å². The molecule has 2 N–H and O–H groups in total. The summed E-state index contributed by atoms with van der Waals surface area (Å²) in [6.07, 6.45) is 0.439. The number of aliphatic hydroxyl groups is 1. The van der Waals surface area contributed by atoms with Gasteiger partial charge in [-0.3, -0.25) is 4.79 Å². The predicted octanol–water partition coefficient (Wildman–Crippen LogP) is 4.61. The van der Waals surface area contributed by atoms with Gasteiger partial charge in [-0.05, 0) is 36.6 Å². The number of β-lactam (4-membered cyclic amide) rings is 1. The molecule has 0 radical (unpaired) electrons. The lowest BCUT2D eigenvalue weighted by atomic mass is 9.78. The fourth-order valence-corrected chi connectivity index (χ4v) is 3.98. The lowest BCUT2D eigenvalue weighted by Crippen LogP contribution is -2.55. The molecule has 28 heavy (non-hydrogen) atoms. The summed E-state index contributed by atoms with van der Waals surface area (Å²) in [6.45, 7) is 0. The van der Waals surface area contributed by atoms with E-state index >= 15 is 0 Å². The van der Waals surface area contributed by atoms with Crippen LogP contribution in [0.3, 0.4) is 0 Å². The minimum Gasteiger partial charge on any atom is -0.508 e. The SMILES string of the molecule is O=C1[C@H](CC[C@H](O)c2ccccc2)[C@@H](c2ccccc2O)N1c1ccccc1. The molecular formula is C24H23NO3. The van der Waals surface area contributed by atoms with E-state index in [1.54, 1.807) is 17.0 Å². The average Bonchev–Trinajstić information content (AvgIpc) is 2.74. The molecule has 3 aromatic carbocycles. The highest BCUT2D eigenvalue weighted by Crippen LogP contribution is 2.48. The van der Waals surface area contributed by atoms with E-state index in [4.69, 9.17) is 0 Å². The number of rotatable bonds is 6. The number of benzene rings is 3. The number of amides is 1. The van der Waals surface area contributed by atoms with Crippen molar-refractivity contribution >= 4 is 11.6 Å². The molecule has 0 unspecified atom stereocenters. The van der Waals surface area contributed by atoms with Crippen LogP contribution in [0.1, 0.15) is 36.1 Å². The van der Waals surface area contributed by atoms with Crippen molar-refractivity contribution in [3.05, 3.63) is 96.1 Å². The minimum atomic E-state index is -0.607. The maximum Gasteiger partial charge on any atom is 0.233 e. The number of anilines is 1. The summed E-state index contributed by atoms with van der Waals surface area (Å²) >= 11 is 0. The van der Waals surface area contributed by atoms with Gasteiger partial charge in [0.1, 0.15) is 5.75 Å². The smallest absolute Gasteiger partial charge is 0.233 e. The zero-order chi connectivity index (χ0) is 19.5. The summed E-state index contributed by atoms with van der Waals surface area (Å²) in [5.74, 6) is -0.0545. The van der Waals surface area contributed by atoms with Crippen LogP contribution in [0.2, 0.25) is 0 Å². The molecule has 1 saturated heterocycles. The van der Waals surface area contributed by atoms with Crippen LogP contribution in [-0.4, -0.2) is 16.1 Å². The van der Waals surface area contributed by atoms with Gasteiger partial charge < -0.3 is 15.1 Å². The summed E-state index contributed by atoms with van der Waals surface area (Å²) in [5.41, 5.74) is 2.42. The Kier molecular flexibility index (Phi) is 5.13. The molecule has 3 aromatic rings. The average molecular weight is 373 g/mol. The van der Waals surface area contributed by atoms with Crippen molar-refractivity contribution in [3.8, 4) is 5.75 Å². The van der Waals surface area contributed by atoms with Gasteiger partial charge in [0.15, 0.2) is 0 Å². The van der Waals surface area contributed by atoms with Crippen molar-refractivity contribution < 1.29 is 15.0 Å². The molecule has 0 saturated carbocycles. The lowest BCUT2D eigenvalue weighted by Gasteiger charge is -2.48. The van der Waals surface area contributed by atoms with E-state index in [9.17, 15) is 15.0 Å². The Labute approximate surface area is 164 Å². The Balaban J connectivity index is 1.57. The summed E-state index contributed by atoms with van der Waals surface area (Å²) in [4.78, 5) is 14.7. The number of para-hydroxylation sites is 2. The monoisotopic (exact) mass is 373 g/mol. The van der Waals surface area contributed by atoms with Crippen molar-refractivity contribution in [1.82, 2.24) is 0 Å². The van der Waals surface area contributed by atoms with Crippen molar-refractivity contribution in [2.75, 3.05) is 4.90 Å². The Morgan fingerprint density at radius 1 is 0.857 bits per heavy atom. The molecule has 4 nitrogen and oxygen atoms in total. The minimum absolute atomic E-state index is 0.0275. The van der Waals surface area contributed by atoms with Gasteiger partial charge in [-0.1, -0.05) is 66.7 Å². The van der Waals surface area contributed by atoms with Crippen LogP contribution in [0.4, 0.5) is 5.69 Å². The zero-order valence-corrected chi connectivity index (χ0v) is 15.5. The molecule has 1 amide bonds. The largest absolute Gasteiger partial charge is 0.508 e. The van der Waals surface area contributed by atoms with E-state index < -0.39 is 6.10 Å². The first-order chi connectivity index (χ1) is 13.7. The highest BCUT2D eigenvalue weighted by Gasteiger charge is 2.49. The Bertz CT molecular complexity index is 942. The molecule has 0 bridgehead atoms. The molecular weight excluding hydrogens is 350 g/mol. The number of hydrogen-bond acceptors (Lipinski definition) is 3. The molecule has 4 heteroatoms. The molecule has 0 spiro atoms. The third-order valence-electron chi connectivity index (χ3n) is 5.44. The number of nitrogens with zero attached hydrogens (tertiary/aromatic N) is 1. The molecule has 0 aliphatic carbocycles. The summed E-state index contributed by atoms with van der Waals surface area (Å²) in [7, 11) is 0. The highest BCUT2D eigenvalue weighted by molar-refractivity contribution is 6.03. The summed E-state index contributed by atoms with van der Waals surface area (Å²) in [5, 5.41) is 20.9. The number of hydrogen-bond donors (Lipinski definition) is 2. The van der Waals surface area contributed by atoms with Gasteiger partial charge in [-0.15, -0.1) is 0 Å². The summed E-state index contributed by atoms with van der Waals surface area (Å²) < 4.78 is 0. The summed E-state index contributed by atoms with van der Waals surface area (Å²) in [6, 6.07) is 25.9. The van der Waals surface area contributed by atoms with Crippen molar-refractivity contribution in [2.45, 2.75) is 25.0 Å². The second-order valence-electron chi connectivity index (χ2n) is 7.16. The highest BCUT2D eigenvalue weighted by atomic mass is 16.3. The van der Waals surface area contributed by atoms with E-state index in [0.717, 1.165) is 16.8 Å². The van der Waals surface area contributed by atoms with Crippen molar-refractivity contribution in [1.29, 1.82) is 0 Å². The van der Waals surface area contributed by atoms with Gasteiger partial charge >= 0.3 is 0 Å². The van der Waals surface area contributed by atoms with Crippen LogP contribution >= 0.6 is 0 Å². The predicted molar refractivity (Wildman–Crippen MR) is 109 cm³/mol. The molecule has 1 aliphatic heterocycles. The number of aliphatic hydroxyl groups excluding tert-OH is 1. The van der Waals surface area contributed by atoms with Gasteiger partial charge in [0.25, 0.3) is 0 Å². The topological polar surface area (TPSA) is 60.8 Å².